The first-order valence-corrected chi connectivity index (χ1v) is 10.1. The number of benzene rings is 1. The van der Waals surface area contributed by atoms with Crippen molar-refractivity contribution >= 4 is 28.2 Å². The van der Waals surface area contributed by atoms with E-state index in [0.29, 0.717) is 6.07 Å². The number of rotatable bonds is 3. The van der Waals surface area contributed by atoms with Crippen molar-refractivity contribution in [1.82, 2.24) is 9.55 Å². The number of halogens is 5. The molecule has 5 nitrogen and oxygen atoms in total. The molecule has 0 radical (unpaired) electrons. The number of hydrogen-bond donors (Lipinski definition) is 1. The lowest BCUT2D eigenvalue weighted by Gasteiger charge is -2.31. The third-order valence-electron chi connectivity index (χ3n) is 5.36. The molecule has 11 heteroatoms. The van der Waals surface area contributed by atoms with Gasteiger partial charge in [-0.1, -0.05) is 6.08 Å². The molecule has 2 aliphatic rings. The molecule has 1 aromatic heterocycles. The Hall–Kier alpha value is -2.14. The van der Waals surface area contributed by atoms with Gasteiger partial charge in [-0.05, 0) is 18.1 Å². The number of H-pyrrole nitrogens is 1. The number of nitrogens with one attached hydrogen (secondary N) is 1. The van der Waals surface area contributed by atoms with E-state index in [2.05, 4.69) is 4.98 Å². The molecule has 1 aliphatic heterocycles. The molecular weight excluding hydrogens is 431 g/mol. The summed E-state index contributed by atoms with van der Waals surface area (Å²) in [6, 6.07) is 0.223. The van der Waals surface area contributed by atoms with Crippen molar-refractivity contribution in [1.29, 1.82) is 0 Å². The van der Waals surface area contributed by atoms with Crippen LogP contribution in [-0.2, 0) is 10.9 Å². The summed E-state index contributed by atoms with van der Waals surface area (Å²) < 4.78 is 75.4. The van der Waals surface area contributed by atoms with Crippen molar-refractivity contribution in [3.63, 3.8) is 0 Å². The van der Waals surface area contributed by atoms with Crippen molar-refractivity contribution in [3.8, 4) is 0 Å². The first-order chi connectivity index (χ1) is 14.0. The lowest BCUT2D eigenvalue weighted by Crippen LogP contribution is -2.37. The summed E-state index contributed by atoms with van der Waals surface area (Å²) in [6.45, 7) is 0.124. The molecule has 4 rings (SSSR count). The van der Waals surface area contributed by atoms with E-state index in [-0.39, 0.29) is 45.7 Å². The predicted octanol–water partition coefficient (Wildman–Crippen LogP) is 4.20. The minimum atomic E-state index is -4.81. The summed E-state index contributed by atoms with van der Waals surface area (Å²) in [6.07, 6.45) is -5.13. The molecule has 1 aliphatic carbocycles. The average Bonchev–Trinajstić information content (AvgIpc) is 2.65. The topological polar surface area (TPSA) is 64.1 Å². The third-order valence-corrected chi connectivity index (χ3v) is 6.60. The molecule has 1 atom stereocenters. The van der Waals surface area contributed by atoms with Crippen LogP contribution in [0.5, 0.6) is 0 Å². The van der Waals surface area contributed by atoms with Crippen LogP contribution in [0.2, 0.25) is 0 Å². The van der Waals surface area contributed by atoms with Crippen molar-refractivity contribution < 1.29 is 26.7 Å². The van der Waals surface area contributed by atoms with Gasteiger partial charge in [0, 0.05) is 36.2 Å². The fourth-order valence-electron chi connectivity index (χ4n) is 4.01. The Bertz CT molecular complexity index is 1170. The number of aromatic amines is 1. The van der Waals surface area contributed by atoms with Crippen LogP contribution < -0.4 is 11.2 Å². The summed E-state index contributed by atoms with van der Waals surface area (Å²) in [5, 5.41) is -0.268. The van der Waals surface area contributed by atoms with Crippen LogP contribution in [0.3, 0.4) is 0 Å². The summed E-state index contributed by atoms with van der Waals surface area (Å²) in [5.74, 6) is -2.73. The van der Waals surface area contributed by atoms with Crippen LogP contribution >= 0.6 is 11.8 Å². The molecule has 0 saturated carbocycles. The second kappa shape index (κ2) is 7.23. The van der Waals surface area contributed by atoms with E-state index in [1.54, 1.807) is 0 Å². The normalized spacial score (nSPS) is 21.0. The number of methoxy groups -OCH3 is 1. The first-order valence-electron chi connectivity index (χ1n) is 9.15. The van der Waals surface area contributed by atoms with Gasteiger partial charge in [0.15, 0.2) is 0 Å². The monoisotopic (exact) mass is 448 g/mol. The molecule has 30 heavy (non-hydrogen) atoms. The number of nitrogens with zero attached hydrogens (tertiary/aromatic N) is 1. The Labute approximate surface area is 170 Å². The standard InChI is InChI=1S/C19H17F5N2O3S/c1-29-7-10-8-30-15-13(9-2-4-18(20,21)5-3-9)12(19(22,23)24)6-11-14(15)26(10)17(28)25-16(11)27/h2,6,10H,3-5,7-8H2,1H3,(H,25,27,28)/t10-/m0/s1. The molecule has 2 heterocycles. The molecule has 2 aromatic rings. The Kier molecular flexibility index (Phi) is 5.08. The van der Waals surface area contributed by atoms with Gasteiger partial charge in [0.1, 0.15) is 0 Å². The van der Waals surface area contributed by atoms with E-state index in [9.17, 15) is 31.5 Å². The Morgan fingerprint density at radius 1 is 1.33 bits per heavy atom. The van der Waals surface area contributed by atoms with Gasteiger partial charge in [-0.25, -0.2) is 13.6 Å². The van der Waals surface area contributed by atoms with Crippen molar-refractivity contribution in [2.45, 2.75) is 42.3 Å². The van der Waals surface area contributed by atoms with Crippen molar-refractivity contribution in [2.75, 3.05) is 19.5 Å². The molecule has 0 spiro atoms. The zero-order chi connectivity index (χ0) is 21.8. The van der Waals surface area contributed by atoms with E-state index < -0.39 is 47.8 Å². The molecule has 0 bridgehead atoms. The van der Waals surface area contributed by atoms with E-state index in [0.717, 1.165) is 17.8 Å². The third kappa shape index (κ3) is 3.47. The maximum absolute atomic E-state index is 13.9. The molecule has 0 saturated heterocycles. The quantitative estimate of drug-likeness (QED) is 0.715. The fourth-order valence-corrected chi connectivity index (χ4v) is 5.34. The fraction of sp³-hybridized carbons (Fsp3) is 0.474. The number of ether oxygens (including phenoxy) is 1. The second-order valence-electron chi connectivity index (χ2n) is 7.36. The average molecular weight is 448 g/mol. The maximum Gasteiger partial charge on any atom is 0.417 e. The molecule has 0 fully saturated rings. The zero-order valence-electron chi connectivity index (χ0n) is 15.7. The second-order valence-corrected chi connectivity index (χ2v) is 8.39. The van der Waals surface area contributed by atoms with Crippen molar-refractivity contribution in [3.05, 3.63) is 44.1 Å². The van der Waals surface area contributed by atoms with Gasteiger partial charge in [-0.2, -0.15) is 13.2 Å². The zero-order valence-corrected chi connectivity index (χ0v) is 16.6. The molecule has 162 valence electrons. The van der Waals surface area contributed by atoms with Crippen LogP contribution in [-0.4, -0.2) is 34.9 Å². The van der Waals surface area contributed by atoms with Crippen LogP contribution in [0.4, 0.5) is 22.0 Å². The maximum atomic E-state index is 13.9. The van der Waals surface area contributed by atoms with E-state index >= 15 is 0 Å². The van der Waals surface area contributed by atoms with Gasteiger partial charge >= 0.3 is 11.9 Å². The van der Waals surface area contributed by atoms with Gasteiger partial charge in [0.25, 0.3) is 11.5 Å². The number of thioether (sulfide) groups is 1. The van der Waals surface area contributed by atoms with Crippen LogP contribution in [0.1, 0.15) is 36.4 Å². The van der Waals surface area contributed by atoms with E-state index in [1.807, 2.05) is 0 Å². The summed E-state index contributed by atoms with van der Waals surface area (Å²) in [4.78, 5) is 27.1. The van der Waals surface area contributed by atoms with Gasteiger partial charge in [0.2, 0.25) is 0 Å². The number of hydrogen-bond acceptors (Lipinski definition) is 4. The highest BCUT2D eigenvalue weighted by molar-refractivity contribution is 7.99. The Morgan fingerprint density at radius 3 is 2.67 bits per heavy atom. The van der Waals surface area contributed by atoms with Crippen LogP contribution in [0.25, 0.3) is 16.5 Å². The Morgan fingerprint density at radius 2 is 2.07 bits per heavy atom. The summed E-state index contributed by atoms with van der Waals surface area (Å²) in [7, 11) is 1.43. The highest BCUT2D eigenvalue weighted by Crippen LogP contribution is 2.48. The van der Waals surface area contributed by atoms with Gasteiger partial charge in [-0.3, -0.25) is 14.3 Å². The molecule has 1 N–H and O–H groups in total. The number of alkyl halides is 5. The predicted molar refractivity (Wildman–Crippen MR) is 102 cm³/mol. The van der Waals surface area contributed by atoms with Gasteiger partial charge in [-0.15, -0.1) is 11.8 Å². The van der Waals surface area contributed by atoms with E-state index in [4.69, 9.17) is 4.74 Å². The van der Waals surface area contributed by atoms with Crippen LogP contribution in [0, 0.1) is 0 Å². The lowest BCUT2D eigenvalue weighted by molar-refractivity contribution is -0.137. The molecule has 0 unspecified atom stereocenters. The molecule has 1 aromatic carbocycles. The smallest absolute Gasteiger partial charge is 0.383 e. The van der Waals surface area contributed by atoms with E-state index in [1.165, 1.54) is 11.7 Å². The van der Waals surface area contributed by atoms with Crippen molar-refractivity contribution in [2.24, 2.45) is 0 Å². The number of allylic oxidation sites excluding steroid dienone is 2. The number of aromatic nitrogens is 2. The minimum Gasteiger partial charge on any atom is -0.383 e. The highest BCUT2D eigenvalue weighted by Gasteiger charge is 2.40. The molecular formula is C19H17F5N2O3S. The largest absolute Gasteiger partial charge is 0.417 e. The van der Waals surface area contributed by atoms with Gasteiger partial charge < -0.3 is 4.74 Å². The summed E-state index contributed by atoms with van der Waals surface area (Å²) in [5.41, 5.74) is -2.70. The van der Waals surface area contributed by atoms with Crippen LogP contribution in [0.15, 0.2) is 26.6 Å². The lowest BCUT2D eigenvalue weighted by atomic mass is 9.88. The highest BCUT2D eigenvalue weighted by atomic mass is 32.2. The molecule has 0 amide bonds. The SMILES string of the molecule is COC[C@H]1CSc2c(C3=CCC(F)(F)CC3)c(C(F)(F)F)cc3c(=O)[nH]c(=O)n1c23. The Balaban J connectivity index is 2.10. The summed E-state index contributed by atoms with van der Waals surface area (Å²) >= 11 is 1.08. The van der Waals surface area contributed by atoms with Gasteiger partial charge in [0.05, 0.1) is 29.1 Å². The minimum absolute atomic E-state index is 0.0864. The first kappa shape index (κ1) is 21.1.